The fraction of sp³-hybridized carbons (Fsp3) is 0.706. The molecule has 0 unspecified atom stereocenters. The lowest BCUT2D eigenvalue weighted by atomic mass is 9.94. The number of rotatable bonds is 5. The van der Waals surface area contributed by atoms with Gasteiger partial charge in [-0.3, -0.25) is 4.57 Å². The van der Waals surface area contributed by atoms with Crippen molar-refractivity contribution in [1.29, 1.82) is 0 Å². The molecule has 4 atom stereocenters. The number of nitrogens with zero attached hydrogens (tertiary/aromatic N) is 4. The summed E-state index contributed by atoms with van der Waals surface area (Å²) >= 11 is 0. The van der Waals surface area contributed by atoms with Crippen molar-refractivity contribution in [3.8, 4) is 0 Å². The topological polar surface area (TPSA) is 138 Å². The summed E-state index contributed by atoms with van der Waals surface area (Å²) in [5.41, 5.74) is 6.79. The zero-order valence-corrected chi connectivity index (χ0v) is 15.2. The molecule has 3 heterocycles. The molecular weight excluding hydrogens is 354 g/mol. The number of hydrogen-bond donors (Lipinski definition) is 3. The number of imidazole rings is 1. The summed E-state index contributed by atoms with van der Waals surface area (Å²) in [5, 5.41) is 21.2. The van der Waals surface area contributed by atoms with Crippen LogP contribution in [0.5, 0.6) is 0 Å². The van der Waals surface area contributed by atoms with Gasteiger partial charge in [0, 0.05) is 20.0 Å². The van der Waals surface area contributed by atoms with Crippen molar-refractivity contribution >= 4 is 17.0 Å². The zero-order chi connectivity index (χ0) is 19.0. The Morgan fingerprint density at radius 2 is 2.07 bits per heavy atom. The first kappa shape index (κ1) is 18.5. The largest absolute Gasteiger partial charge is 0.387 e. The highest BCUT2D eigenvalue weighted by atomic mass is 16.6. The Morgan fingerprint density at radius 3 is 2.81 bits per heavy atom. The number of nitrogen functional groups attached to an aromatic ring is 1. The fourth-order valence-corrected chi connectivity index (χ4v) is 3.88. The van der Waals surface area contributed by atoms with E-state index in [1.165, 1.54) is 19.8 Å². The number of nitrogens with two attached hydrogens (primary N) is 1. The van der Waals surface area contributed by atoms with Crippen LogP contribution in [0.4, 0.5) is 5.82 Å². The number of methoxy groups -OCH3 is 1. The van der Waals surface area contributed by atoms with E-state index in [0.717, 1.165) is 19.3 Å². The molecule has 1 aliphatic carbocycles. The van der Waals surface area contributed by atoms with Crippen LogP contribution in [-0.4, -0.2) is 67.5 Å². The standard InChI is InChI=1S/C17H25N5O5/c1-25-13-12(23)10(7-26-17(24)5-3-2-4-6-17)27-16(13)22-9-21-11-14(18)19-8-20-15(11)22/h8-10,12-13,16,23-24H,2-7H2,1H3,(H2,18,19,20)/t10-,12-,13-,16-/m1/s1. The number of anilines is 1. The van der Waals surface area contributed by atoms with Crippen LogP contribution in [0.25, 0.3) is 11.2 Å². The van der Waals surface area contributed by atoms with Crippen LogP contribution < -0.4 is 5.73 Å². The third kappa shape index (κ3) is 3.39. The van der Waals surface area contributed by atoms with E-state index in [2.05, 4.69) is 15.0 Å². The number of hydrogen-bond acceptors (Lipinski definition) is 9. The van der Waals surface area contributed by atoms with Crippen LogP contribution in [0.15, 0.2) is 12.7 Å². The first-order valence-corrected chi connectivity index (χ1v) is 9.18. The van der Waals surface area contributed by atoms with Crippen molar-refractivity contribution in [3.05, 3.63) is 12.7 Å². The molecule has 4 rings (SSSR count). The average molecular weight is 379 g/mol. The molecule has 2 fully saturated rings. The Morgan fingerprint density at radius 1 is 1.30 bits per heavy atom. The van der Waals surface area contributed by atoms with Crippen molar-refractivity contribution in [3.63, 3.8) is 0 Å². The lowest BCUT2D eigenvalue weighted by molar-refractivity contribution is -0.237. The lowest BCUT2D eigenvalue weighted by Crippen LogP contribution is -2.41. The molecule has 1 saturated carbocycles. The fourth-order valence-electron chi connectivity index (χ4n) is 3.88. The van der Waals surface area contributed by atoms with Crippen molar-refractivity contribution in [1.82, 2.24) is 19.5 Å². The molecule has 0 aromatic carbocycles. The van der Waals surface area contributed by atoms with Gasteiger partial charge in [-0.2, -0.15) is 0 Å². The highest BCUT2D eigenvalue weighted by Gasteiger charge is 2.46. The molecule has 0 spiro atoms. The molecule has 2 aromatic rings. The predicted molar refractivity (Wildman–Crippen MR) is 94.4 cm³/mol. The smallest absolute Gasteiger partial charge is 0.167 e. The van der Waals surface area contributed by atoms with E-state index in [-0.39, 0.29) is 12.4 Å². The Bertz CT molecular complexity index is 793. The van der Waals surface area contributed by atoms with E-state index >= 15 is 0 Å². The van der Waals surface area contributed by atoms with Gasteiger partial charge in [0.25, 0.3) is 0 Å². The summed E-state index contributed by atoms with van der Waals surface area (Å²) in [7, 11) is 1.50. The molecule has 10 nitrogen and oxygen atoms in total. The van der Waals surface area contributed by atoms with E-state index < -0.39 is 30.3 Å². The molecule has 1 aliphatic heterocycles. The van der Waals surface area contributed by atoms with Crippen LogP contribution in [0, 0.1) is 0 Å². The molecule has 2 aliphatic rings. The predicted octanol–water partition coefficient (Wildman–Crippen LogP) is 0.351. The van der Waals surface area contributed by atoms with Gasteiger partial charge in [-0.15, -0.1) is 0 Å². The summed E-state index contributed by atoms with van der Waals surface area (Å²) in [6.07, 6.45) is 4.15. The van der Waals surface area contributed by atoms with Crippen LogP contribution in [0.1, 0.15) is 38.3 Å². The van der Waals surface area contributed by atoms with Gasteiger partial charge in [0.2, 0.25) is 0 Å². The maximum Gasteiger partial charge on any atom is 0.167 e. The Hall–Kier alpha value is -1.85. The summed E-state index contributed by atoms with van der Waals surface area (Å²) in [4.78, 5) is 12.4. The van der Waals surface area contributed by atoms with Crippen molar-refractivity contribution in [2.75, 3.05) is 19.5 Å². The number of aliphatic hydroxyl groups excluding tert-OH is 1. The SMILES string of the molecule is CO[C@@H]1[C@H](O)[C@@H](COC2(O)CCCCC2)O[C@H]1n1cnc2c(N)ncnc21. The minimum atomic E-state index is -1.15. The van der Waals surface area contributed by atoms with E-state index in [9.17, 15) is 10.2 Å². The van der Waals surface area contributed by atoms with Gasteiger partial charge in [0.1, 0.15) is 30.2 Å². The molecule has 148 valence electrons. The first-order chi connectivity index (χ1) is 13.0. The van der Waals surface area contributed by atoms with Gasteiger partial charge in [-0.1, -0.05) is 6.42 Å². The zero-order valence-electron chi connectivity index (χ0n) is 15.2. The second-order valence-corrected chi connectivity index (χ2v) is 7.16. The van der Waals surface area contributed by atoms with E-state index in [1.807, 2.05) is 0 Å². The summed E-state index contributed by atoms with van der Waals surface area (Å²) < 4.78 is 18.9. The normalized spacial score (nSPS) is 30.8. The maximum absolute atomic E-state index is 10.7. The van der Waals surface area contributed by atoms with Crippen LogP contribution in [-0.2, 0) is 14.2 Å². The maximum atomic E-state index is 10.7. The van der Waals surface area contributed by atoms with Gasteiger partial charge in [-0.25, -0.2) is 15.0 Å². The second kappa shape index (κ2) is 7.28. The van der Waals surface area contributed by atoms with Crippen molar-refractivity contribution in [2.45, 2.75) is 62.4 Å². The molecule has 4 N–H and O–H groups in total. The Kier molecular flexibility index (Phi) is 4.99. The summed E-state index contributed by atoms with van der Waals surface area (Å²) in [6.45, 7) is 0.0672. The molecular formula is C17H25N5O5. The Labute approximate surface area is 156 Å². The molecule has 10 heteroatoms. The molecule has 0 bridgehead atoms. The quantitative estimate of drug-likeness (QED) is 0.628. The highest BCUT2D eigenvalue weighted by molar-refractivity contribution is 5.81. The molecule has 0 amide bonds. The molecule has 0 radical (unpaired) electrons. The van der Waals surface area contributed by atoms with Crippen molar-refractivity contribution in [2.24, 2.45) is 0 Å². The van der Waals surface area contributed by atoms with E-state index in [4.69, 9.17) is 19.9 Å². The van der Waals surface area contributed by atoms with Gasteiger partial charge < -0.3 is 30.2 Å². The molecule has 27 heavy (non-hydrogen) atoms. The minimum Gasteiger partial charge on any atom is -0.387 e. The number of ether oxygens (including phenoxy) is 3. The van der Waals surface area contributed by atoms with E-state index in [1.54, 1.807) is 4.57 Å². The summed E-state index contributed by atoms with van der Waals surface area (Å²) in [6, 6.07) is 0. The number of aliphatic hydroxyl groups is 2. The second-order valence-electron chi connectivity index (χ2n) is 7.16. The number of aromatic nitrogens is 4. The first-order valence-electron chi connectivity index (χ1n) is 9.18. The van der Waals surface area contributed by atoms with Crippen LogP contribution >= 0.6 is 0 Å². The summed E-state index contributed by atoms with van der Waals surface area (Å²) in [5.74, 6) is -0.878. The van der Waals surface area contributed by atoms with Crippen LogP contribution in [0.3, 0.4) is 0 Å². The molecule has 1 saturated heterocycles. The van der Waals surface area contributed by atoms with Gasteiger partial charge in [0.05, 0.1) is 12.9 Å². The monoisotopic (exact) mass is 379 g/mol. The van der Waals surface area contributed by atoms with Gasteiger partial charge >= 0.3 is 0 Å². The van der Waals surface area contributed by atoms with Crippen LogP contribution in [0.2, 0.25) is 0 Å². The van der Waals surface area contributed by atoms with Crippen molar-refractivity contribution < 1.29 is 24.4 Å². The highest BCUT2D eigenvalue weighted by Crippen LogP contribution is 2.35. The third-order valence-electron chi connectivity index (χ3n) is 5.40. The van der Waals surface area contributed by atoms with Gasteiger partial charge in [0.15, 0.2) is 23.5 Å². The Balaban J connectivity index is 1.52. The molecule has 2 aromatic heterocycles. The van der Waals surface area contributed by atoms with E-state index in [0.29, 0.717) is 24.0 Å². The van der Waals surface area contributed by atoms with Gasteiger partial charge in [-0.05, 0) is 12.8 Å². The third-order valence-corrected chi connectivity index (χ3v) is 5.40. The number of fused-ring (bicyclic) bond motifs is 1. The average Bonchev–Trinajstić information content (AvgIpc) is 3.22. The lowest BCUT2D eigenvalue weighted by Gasteiger charge is -2.33. The minimum absolute atomic E-state index is 0.0672.